The van der Waals surface area contributed by atoms with Crippen molar-refractivity contribution in [3.05, 3.63) is 63.7 Å². The maximum atomic E-state index is 12.4. The van der Waals surface area contributed by atoms with E-state index in [1.54, 1.807) is 30.3 Å². The van der Waals surface area contributed by atoms with Crippen molar-refractivity contribution in [2.75, 3.05) is 5.73 Å². The van der Waals surface area contributed by atoms with Gasteiger partial charge in [0, 0.05) is 16.8 Å². The van der Waals surface area contributed by atoms with Crippen LogP contribution in [0.4, 0.5) is 5.69 Å². The number of nitrogen functional groups attached to an aromatic ring is 1. The van der Waals surface area contributed by atoms with Gasteiger partial charge in [0.1, 0.15) is 0 Å². The summed E-state index contributed by atoms with van der Waals surface area (Å²) in [5.41, 5.74) is 8.04. The van der Waals surface area contributed by atoms with E-state index in [1.807, 2.05) is 13.0 Å². The number of nitriles is 1. The van der Waals surface area contributed by atoms with Gasteiger partial charge < -0.3 is 5.73 Å². The molecule has 0 aliphatic carbocycles. The summed E-state index contributed by atoms with van der Waals surface area (Å²) in [7, 11) is 0. The Labute approximate surface area is 116 Å². The molecule has 3 nitrogen and oxygen atoms in total. The predicted molar refractivity (Wildman–Crippen MR) is 75.2 cm³/mol. The summed E-state index contributed by atoms with van der Waals surface area (Å²) in [4.78, 5) is 12.4. The number of nitrogens with two attached hydrogens (primary N) is 1. The summed E-state index contributed by atoms with van der Waals surface area (Å²) in [5.74, 6) is -0.273. The van der Waals surface area contributed by atoms with Gasteiger partial charge in [-0.25, -0.2) is 0 Å². The number of rotatable bonds is 2. The quantitative estimate of drug-likeness (QED) is 0.672. The van der Waals surface area contributed by atoms with E-state index in [9.17, 15) is 4.79 Å². The zero-order valence-electron chi connectivity index (χ0n) is 10.3. The molecule has 2 rings (SSSR count). The maximum absolute atomic E-state index is 12.4. The summed E-state index contributed by atoms with van der Waals surface area (Å²) in [5, 5.41) is 9.35. The molecule has 0 aromatic heterocycles. The van der Waals surface area contributed by atoms with Crippen molar-refractivity contribution < 1.29 is 4.79 Å². The number of benzene rings is 2. The van der Waals surface area contributed by atoms with Gasteiger partial charge >= 0.3 is 0 Å². The largest absolute Gasteiger partial charge is 0.399 e. The molecule has 0 amide bonds. The Morgan fingerprint density at radius 1 is 1.21 bits per heavy atom. The standard InChI is InChI=1S/C15H11ClN2O/c1-9-2-3-10(8-17)13(6-9)15(19)12-5-4-11(18)7-14(12)16/h2-7H,18H2,1H3. The number of hydrogen-bond donors (Lipinski definition) is 1. The minimum atomic E-state index is -0.273. The lowest BCUT2D eigenvalue weighted by Gasteiger charge is -2.07. The topological polar surface area (TPSA) is 66.9 Å². The maximum Gasteiger partial charge on any atom is 0.195 e. The fourth-order valence-corrected chi connectivity index (χ4v) is 2.08. The van der Waals surface area contributed by atoms with Crippen LogP contribution < -0.4 is 5.73 Å². The van der Waals surface area contributed by atoms with Crippen LogP contribution in [0.15, 0.2) is 36.4 Å². The molecule has 19 heavy (non-hydrogen) atoms. The fraction of sp³-hybridized carbons (Fsp3) is 0.0667. The van der Waals surface area contributed by atoms with Gasteiger partial charge in [-0.1, -0.05) is 23.2 Å². The first-order valence-electron chi connectivity index (χ1n) is 5.63. The Morgan fingerprint density at radius 2 is 1.95 bits per heavy atom. The molecule has 4 heteroatoms. The average Bonchev–Trinajstić information content (AvgIpc) is 2.38. The molecular weight excluding hydrogens is 260 g/mol. The molecule has 0 heterocycles. The Balaban J connectivity index is 2.56. The van der Waals surface area contributed by atoms with Crippen molar-refractivity contribution in [1.29, 1.82) is 5.26 Å². The van der Waals surface area contributed by atoms with Crippen molar-refractivity contribution in [3.8, 4) is 6.07 Å². The summed E-state index contributed by atoms with van der Waals surface area (Å²) >= 11 is 6.03. The average molecular weight is 271 g/mol. The van der Waals surface area contributed by atoms with Gasteiger partial charge in [0.2, 0.25) is 0 Å². The highest BCUT2D eigenvalue weighted by molar-refractivity contribution is 6.35. The number of anilines is 1. The molecule has 0 aliphatic rings. The molecule has 94 valence electrons. The number of aryl methyl sites for hydroxylation is 1. The van der Waals surface area contributed by atoms with Crippen LogP contribution >= 0.6 is 11.6 Å². The second-order valence-electron chi connectivity index (χ2n) is 4.23. The highest BCUT2D eigenvalue weighted by Crippen LogP contribution is 2.24. The number of carbonyl (C=O) groups is 1. The Bertz CT molecular complexity index is 702. The van der Waals surface area contributed by atoms with E-state index in [-0.39, 0.29) is 10.8 Å². The van der Waals surface area contributed by atoms with Gasteiger partial charge in [-0.3, -0.25) is 4.79 Å². The van der Waals surface area contributed by atoms with Crippen LogP contribution in [0.5, 0.6) is 0 Å². The van der Waals surface area contributed by atoms with E-state index in [2.05, 4.69) is 0 Å². The molecular formula is C15H11ClN2O. The van der Waals surface area contributed by atoms with Crippen LogP contribution in [0.1, 0.15) is 27.0 Å². The van der Waals surface area contributed by atoms with Gasteiger partial charge in [-0.15, -0.1) is 0 Å². The number of halogens is 1. The van der Waals surface area contributed by atoms with Crippen molar-refractivity contribution in [3.63, 3.8) is 0 Å². The zero-order valence-corrected chi connectivity index (χ0v) is 11.0. The summed E-state index contributed by atoms with van der Waals surface area (Å²) in [6.07, 6.45) is 0. The van der Waals surface area contributed by atoms with E-state index in [1.165, 1.54) is 6.07 Å². The van der Waals surface area contributed by atoms with Gasteiger partial charge in [0.25, 0.3) is 0 Å². The van der Waals surface area contributed by atoms with Crippen molar-refractivity contribution >= 4 is 23.1 Å². The molecule has 0 bridgehead atoms. The van der Waals surface area contributed by atoms with Crippen LogP contribution in [0.2, 0.25) is 5.02 Å². The predicted octanol–water partition coefficient (Wildman–Crippen LogP) is 3.33. The third-order valence-electron chi connectivity index (χ3n) is 2.78. The van der Waals surface area contributed by atoms with Crippen LogP contribution in [0.25, 0.3) is 0 Å². The van der Waals surface area contributed by atoms with Crippen LogP contribution in [0, 0.1) is 18.3 Å². The van der Waals surface area contributed by atoms with E-state index in [0.29, 0.717) is 22.4 Å². The molecule has 0 atom stereocenters. The lowest BCUT2D eigenvalue weighted by molar-refractivity contribution is 0.103. The summed E-state index contributed by atoms with van der Waals surface area (Å²) in [6, 6.07) is 11.8. The number of nitrogens with zero attached hydrogens (tertiary/aromatic N) is 1. The molecule has 0 unspecified atom stereocenters. The first-order chi connectivity index (χ1) is 9.02. The van der Waals surface area contributed by atoms with Crippen molar-refractivity contribution in [1.82, 2.24) is 0 Å². The number of hydrogen-bond acceptors (Lipinski definition) is 3. The van der Waals surface area contributed by atoms with Crippen LogP contribution in [-0.2, 0) is 0 Å². The SMILES string of the molecule is Cc1ccc(C#N)c(C(=O)c2ccc(N)cc2Cl)c1. The first kappa shape index (κ1) is 13.1. The second kappa shape index (κ2) is 5.13. The van der Waals surface area contributed by atoms with E-state index in [0.717, 1.165) is 5.56 Å². The number of carbonyl (C=O) groups excluding carboxylic acids is 1. The Hall–Kier alpha value is -2.31. The smallest absolute Gasteiger partial charge is 0.195 e. The highest BCUT2D eigenvalue weighted by atomic mass is 35.5. The lowest BCUT2D eigenvalue weighted by atomic mass is 9.97. The molecule has 2 aromatic rings. The molecule has 0 aliphatic heterocycles. The first-order valence-corrected chi connectivity index (χ1v) is 6.01. The summed E-state index contributed by atoms with van der Waals surface area (Å²) < 4.78 is 0. The molecule has 0 spiro atoms. The molecule has 0 saturated heterocycles. The third-order valence-corrected chi connectivity index (χ3v) is 3.09. The third kappa shape index (κ3) is 2.59. The van der Waals surface area contributed by atoms with E-state index >= 15 is 0 Å². The normalized spacial score (nSPS) is 9.95. The minimum Gasteiger partial charge on any atom is -0.399 e. The monoisotopic (exact) mass is 270 g/mol. The van der Waals surface area contributed by atoms with Crippen LogP contribution in [-0.4, -0.2) is 5.78 Å². The molecule has 2 N–H and O–H groups in total. The van der Waals surface area contributed by atoms with Gasteiger partial charge in [-0.05, 0) is 37.3 Å². The van der Waals surface area contributed by atoms with Gasteiger partial charge in [0.15, 0.2) is 5.78 Å². The second-order valence-corrected chi connectivity index (χ2v) is 4.64. The minimum absolute atomic E-state index is 0.273. The molecule has 2 aromatic carbocycles. The molecule has 0 saturated carbocycles. The Morgan fingerprint density at radius 3 is 2.58 bits per heavy atom. The lowest BCUT2D eigenvalue weighted by Crippen LogP contribution is -2.05. The van der Waals surface area contributed by atoms with Gasteiger partial charge in [-0.2, -0.15) is 5.26 Å². The molecule has 0 fully saturated rings. The zero-order chi connectivity index (χ0) is 14.0. The van der Waals surface area contributed by atoms with Crippen LogP contribution in [0.3, 0.4) is 0 Å². The summed E-state index contributed by atoms with van der Waals surface area (Å²) in [6.45, 7) is 1.86. The fourth-order valence-electron chi connectivity index (χ4n) is 1.80. The van der Waals surface area contributed by atoms with E-state index in [4.69, 9.17) is 22.6 Å². The highest BCUT2D eigenvalue weighted by Gasteiger charge is 2.16. The number of ketones is 1. The van der Waals surface area contributed by atoms with Crippen molar-refractivity contribution in [2.24, 2.45) is 0 Å². The van der Waals surface area contributed by atoms with Gasteiger partial charge in [0.05, 0.1) is 16.7 Å². The molecule has 0 radical (unpaired) electrons. The van der Waals surface area contributed by atoms with E-state index < -0.39 is 0 Å². The Kier molecular flexibility index (Phi) is 3.55. The van der Waals surface area contributed by atoms with Crippen molar-refractivity contribution in [2.45, 2.75) is 6.92 Å².